The van der Waals surface area contributed by atoms with Crippen molar-refractivity contribution in [3.63, 3.8) is 0 Å². The van der Waals surface area contributed by atoms with E-state index in [1.807, 2.05) is 12.1 Å². The van der Waals surface area contributed by atoms with E-state index >= 15 is 0 Å². The van der Waals surface area contributed by atoms with Crippen LogP contribution in [0.1, 0.15) is 24.8 Å². The van der Waals surface area contributed by atoms with E-state index in [0.717, 1.165) is 87.1 Å². The van der Waals surface area contributed by atoms with Crippen molar-refractivity contribution in [3.8, 4) is 11.3 Å². The number of likely N-dealkylation sites (tertiary alicyclic amines) is 1. The number of aromatic nitrogens is 3. The maximum Gasteiger partial charge on any atom is 0.305 e. The summed E-state index contributed by atoms with van der Waals surface area (Å²) in [6.07, 6.45) is 6.04. The maximum absolute atomic E-state index is 11.7. The molecule has 0 saturated carbocycles. The molecule has 4 heterocycles. The van der Waals surface area contributed by atoms with Gasteiger partial charge in [-0.1, -0.05) is 23.2 Å². The number of ether oxygens (including phenoxy) is 1. The highest BCUT2D eigenvalue weighted by atomic mass is 35.5. The lowest BCUT2D eigenvalue weighted by Crippen LogP contribution is -2.45. The Kier molecular flexibility index (Phi) is 9.36. The van der Waals surface area contributed by atoms with E-state index in [0.29, 0.717) is 28.2 Å². The molecular weight excluding hydrogens is 549 g/mol. The highest BCUT2D eigenvalue weighted by Gasteiger charge is 2.22. The average Bonchev–Trinajstić information content (AvgIpc) is 2.94. The first-order chi connectivity index (χ1) is 19.3. The molecule has 2 fully saturated rings. The molecule has 11 heteroatoms. The number of nitrogens with one attached hydrogen (secondary N) is 1. The third-order valence-electron chi connectivity index (χ3n) is 7.54. The number of methoxy groups -OCH3 is 1. The molecule has 9 nitrogen and oxygen atoms in total. The van der Waals surface area contributed by atoms with Gasteiger partial charge >= 0.3 is 5.97 Å². The van der Waals surface area contributed by atoms with Crippen LogP contribution in [0.2, 0.25) is 10.0 Å². The van der Waals surface area contributed by atoms with Crippen LogP contribution in [-0.4, -0.2) is 84.1 Å². The highest BCUT2D eigenvalue weighted by molar-refractivity contribution is 6.35. The molecular formula is C29H35Cl2N7O2. The molecule has 2 aromatic heterocycles. The molecule has 0 unspecified atom stereocenters. The molecule has 0 spiro atoms. The molecule has 0 aliphatic carbocycles. The molecule has 2 saturated heterocycles. The van der Waals surface area contributed by atoms with Gasteiger partial charge in [-0.2, -0.15) is 0 Å². The number of benzene rings is 1. The average molecular weight is 585 g/mol. The van der Waals surface area contributed by atoms with Crippen molar-refractivity contribution in [2.75, 3.05) is 63.6 Å². The predicted octanol–water partition coefficient (Wildman–Crippen LogP) is 5.12. The summed E-state index contributed by atoms with van der Waals surface area (Å²) in [5, 5.41) is 4.51. The van der Waals surface area contributed by atoms with Gasteiger partial charge in [0.05, 0.1) is 30.9 Å². The smallest absolute Gasteiger partial charge is 0.305 e. The molecule has 0 atom stereocenters. The fourth-order valence-electron chi connectivity index (χ4n) is 5.22. The molecule has 5 rings (SSSR count). The summed E-state index contributed by atoms with van der Waals surface area (Å²) < 4.78 is 4.85. The molecule has 0 amide bonds. The summed E-state index contributed by atoms with van der Waals surface area (Å²) in [4.78, 5) is 32.7. The van der Waals surface area contributed by atoms with Crippen molar-refractivity contribution in [1.82, 2.24) is 24.8 Å². The third-order valence-corrected chi connectivity index (χ3v) is 7.97. The molecule has 0 bridgehead atoms. The first-order valence-corrected chi connectivity index (χ1v) is 14.4. The number of halogens is 2. The molecule has 2 aliphatic heterocycles. The topological polar surface area (TPSA) is 86.7 Å². The number of anilines is 3. The van der Waals surface area contributed by atoms with Gasteiger partial charge in [0.15, 0.2) is 0 Å². The van der Waals surface area contributed by atoms with Crippen LogP contribution in [0.5, 0.6) is 0 Å². The van der Waals surface area contributed by atoms with Crippen molar-refractivity contribution in [1.29, 1.82) is 0 Å². The Morgan fingerprint density at radius 1 is 0.975 bits per heavy atom. The minimum Gasteiger partial charge on any atom is -0.469 e. The Morgan fingerprint density at radius 2 is 1.65 bits per heavy atom. The summed E-state index contributed by atoms with van der Waals surface area (Å²) in [6.45, 7) is 6.44. The van der Waals surface area contributed by atoms with E-state index in [1.54, 1.807) is 18.5 Å². The lowest BCUT2D eigenvalue weighted by Gasteiger charge is -2.32. The first kappa shape index (κ1) is 28.5. The van der Waals surface area contributed by atoms with Crippen LogP contribution in [-0.2, 0) is 16.1 Å². The minimum absolute atomic E-state index is 0.131. The number of piperidine rings is 1. The summed E-state index contributed by atoms with van der Waals surface area (Å²) in [7, 11) is 3.58. The quantitative estimate of drug-likeness (QED) is 0.363. The zero-order chi connectivity index (χ0) is 28.1. The zero-order valence-electron chi connectivity index (χ0n) is 22.9. The molecule has 40 heavy (non-hydrogen) atoms. The van der Waals surface area contributed by atoms with Gasteiger partial charge in [-0.15, -0.1) is 0 Å². The number of nitrogens with zero attached hydrogens (tertiary/aromatic N) is 6. The van der Waals surface area contributed by atoms with Gasteiger partial charge in [0.2, 0.25) is 5.95 Å². The summed E-state index contributed by atoms with van der Waals surface area (Å²) in [5.74, 6) is 1.68. The number of esters is 1. The number of hydrogen-bond donors (Lipinski definition) is 1. The fourth-order valence-corrected chi connectivity index (χ4v) is 5.75. The van der Waals surface area contributed by atoms with Crippen molar-refractivity contribution < 1.29 is 9.53 Å². The number of likely N-dealkylation sites (N-methyl/N-ethyl adjacent to an activating group) is 1. The monoisotopic (exact) mass is 583 g/mol. The lowest BCUT2D eigenvalue weighted by atomic mass is 9.93. The zero-order valence-corrected chi connectivity index (χ0v) is 24.5. The van der Waals surface area contributed by atoms with Crippen LogP contribution < -0.4 is 10.2 Å². The van der Waals surface area contributed by atoms with Crippen LogP contribution in [0.4, 0.5) is 17.5 Å². The Bertz CT molecular complexity index is 1290. The summed E-state index contributed by atoms with van der Waals surface area (Å²) in [5.41, 5.74) is 3.51. The van der Waals surface area contributed by atoms with Gasteiger partial charge in [0.25, 0.3) is 0 Å². The molecule has 212 valence electrons. The Labute approximate surface area is 245 Å². The van der Waals surface area contributed by atoms with Crippen molar-refractivity contribution in [3.05, 3.63) is 58.3 Å². The van der Waals surface area contributed by atoms with Gasteiger partial charge in [-0.25, -0.2) is 15.0 Å². The second-order valence-corrected chi connectivity index (χ2v) is 11.5. The van der Waals surface area contributed by atoms with E-state index in [4.69, 9.17) is 32.9 Å². The molecule has 3 aromatic rings. The van der Waals surface area contributed by atoms with E-state index < -0.39 is 0 Å². The van der Waals surface area contributed by atoms with Crippen LogP contribution >= 0.6 is 23.2 Å². The fraction of sp³-hybridized carbons (Fsp3) is 0.448. The van der Waals surface area contributed by atoms with Gasteiger partial charge in [-0.3, -0.25) is 9.69 Å². The van der Waals surface area contributed by atoms with Gasteiger partial charge in [0.1, 0.15) is 5.82 Å². The number of piperazine rings is 1. The van der Waals surface area contributed by atoms with Gasteiger partial charge in [0, 0.05) is 54.8 Å². The van der Waals surface area contributed by atoms with Crippen molar-refractivity contribution in [2.24, 2.45) is 5.92 Å². The minimum atomic E-state index is -0.131. The SMILES string of the molecule is COC(=O)CC1CCN(Cc2cc(Nc3cnc(N4CCN(C)CC4)nc3)nc(-c3cc(Cl)cc(Cl)c3)c2)CC1. The molecule has 1 aromatic carbocycles. The van der Waals surface area contributed by atoms with Crippen molar-refractivity contribution in [2.45, 2.75) is 25.8 Å². The number of rotatable bonds is 8. The lowest BCUT2D eigenvalue weighted by molar-refractivity contribution is -0.142. The Hall–Kier alpha value is -2.98. The number of carbonyl (C=O) groups excluding carboxylic acids is 1. The van der Waals surface area contributed by atoms with Crippen molar-refractivity contribution >= 4 is 46.6 Å². The largest absolute Gasteiger partial charge is 0.469 e. The first-order valence-electron chi connectivity index (χ1n) is 13.6. The highest BCUT2D eigenvalue weighted by Crippen LogP contribution is 2.30. The second kappa shape index (κ2) is 13.1. The van der Waals surface area contributed by atoms with Gasteiger partial charge in [-0.05, 0) is 74.8 Å². The van der Waals surface area contributed by atoms with Crippen LogP contribution in [0.25, 0.3) is 11.3 Å². The van der Waals surface area contributed by atoms with Crippen LogP contribution in [0.3, 0.4) is 0 Å². The Morgan fingerprint density at radius 3 is 2.30 bits per heavy atom. The Balaban J connectivity index is 1.33. The summed E-state index contributed by atoms with van der Waals surface area (Å²) >= 11 is 12.6. The molecule has 0 radical (unpaired) electrons. The van der Waals surface area contributed by atoms with E-state index in [1.165, 1.54) is 7.11 Å². The second-order valence-electron chi connectivity index (χ2n) is 10.6. The van der Waals surface area contributed by atoms with Crippen LogP contribution in [0, 0.1) is 5.92 Å². The number of carbonyl (C=O) groups is 1. The number of hydrogen-bond acceptors (Lipinski definition) is 9. The summed E-state index contributed by atoms with van der Waals surface area (Å²) in [6, 6.07) is 9.60. The third kappa shape index (κ3) is 7.60. The van der Waals surface area contributed by atoms with Gasteiger partial charge < -0.3 is 19.9 Å². The van der Waals surface area contributed by atoms with E-state index in [-0.39, 0.29) is 5.97 Å². The predicted molar refractivity (Wildman–Crippen MR) is 159 cm³/mol. The molecule has 1 N–H and O–H groups in total. The standard InChI is InChI=1S/C29H35Cl2N7O2/c1-36-7-9-38(10-8-36)29-32-17-25(18-33-29)34-27-12-21(11-26(35-27)22-14-23(30)16-24(31)15-22)19-37-5-3-20(4-6-37)13-28(39)40-2/h11-12,14-18,20H,3-10,13,19H2,1-2H3,(H,34,35). The maximum atomic E-state index is 11.7. The van der Waals surface area contributed by atoms with E-state index in [2.05, 4.69) is 49.2 Å². The molecule has 2 aliphatic rings. The van der Waals surface area contributed by atoms with E-state index in [9.17, 15) is 4.79 Å². The number of pyridine rings is 1. The normalized spacial score (nSPS) is 17.1. The van der Waals surface area contributed by atoms with Crippen LogP contribution in [0.15, 0.2) is 42.7 Å².